The van der Waals surface area contributed by atoms with Crippen LogP contribution in [0.1, 0.15) is 46.0 Å². The maximum absolute atomic E-state index is 12.1. The van der Waals surface area contributed by atoms with E-state index in [1.54, 1.807) is 0 Å². The van der Waals surface area contributed by atoms with Crippen molar-refractivity contribution in [2.45, 2.75) is 58.0 Å². The Kier molecular flexibility index (Phi) is 5.74. The van der Waals surface area contributed by atoms with Crippen molar-refractivity contribution in [3.8, 4) is 0 Å². The van der Waals surface area contributed by atoms with Gasteiger partial charge in [-0.15, -0.1) is 12.4 Å². The lowest BCUT2D eigenvalue weighted by atomic mass is 9.97. The predicted molar refractivity (Wildman–Crippen MR) is 72.5 cm³/mol. The molecule has 17 heavy (non-hydrogen) atoms. The summed E-state index contributed by atoms with van der Waals surface area (Å²) in [5.41, 5.74) is 0. The number of hydrogen-bond acceptors (Lipinski definition) is 2. The van der Waals surface area contributed by atoms with E-state index in [0.717, 1.165) is 12.5 Å². The number of carbonyl (C=O) groups is 1. The lowest BCUT2D eigenvalue weighted by Gasteiger charge is -2.39. The van der Waals surface area contributed by atoms with Gasteiger partial charge < -0.3 is 10.2 Å². The molecule has 1 aliphatic carbocycles. The van der Waals surface area contributed by atoms with Crippen LogP contribution in [0.15, 0.2) is 0 Å². The molecule has 0 spiro atoms. The zero-order valence-corrected chi connectivity index (χ0v) is 11.8. The minimum Gasteiger partial charge on any atom is -0.336 e. The van der Waals surface area contributed by atoms with Crippen LogP contribution in [0.4, 0.5) is 0 Å². The van der Waals surface area contributed by atoms with Crippen molar-refractivity contribution in [3.63, 3.8) is 0 Å². The van der Waals surface area contributed by atoms with Gasteiger partial charge >= 0.3 is 0 Å². The van der Waals surface area contributed by atoms with Crippen molar-refractivity contribution in [2.75, 3.05) is 13.1 Å². The maximum Gasteiger partial charge on any atom is 0.237 e. The fourth-order valence-corrected chi connectivity index (χ4v) is 2.71. The topological polar surface area (TPSA) is 32.3 Å². The van der Waals surface area contributed by atoms with Crippen molar-refractivity contribution in [2.24, 2.45) is 5.92 Å². The van der Waals surface area contributed by atoms with Crippen LogP contribution >= 0.6 is 12.4 Å². The number of hydrogen-bond donors (Lipinski definition) is 1. The molecule has 2 atom stereocenters. The van der Waals surface area contributed by atoms with Gasteiger partial charge in [0.1, 0.15) is 0 Å². The molecule has 1 saturated heterocycles. The number of nitrogens with zero attached hydrogens (tertiary/aromatic N) is 1. The molecule has 100 valence electrons. The van der Waals surface area contributed by atoms with Gasteiger partial charge in [-0.05, 0) is 58.4 Å². The number of halogens is 1. The summed E-state index contributed by atoms with van der Waals surface area (Å²) in [5.74, 6) is 1.14. The Morgan fingerprint density at radius 1 is 1.18 bits per heavy atom. The number of rotatable bonds is 4. The van der Waals surface area contributed by atoms with E-state index < -0.39 is 0 Å². The zero-order valence-electron chi connectivity index (χ0n) is 10.9. The largest absolute Gasteiger partial charge is 0.336 e. The first-order valence-electron chi connectivity index (χ1n) is 6.70. The highest BCUT2D eigenvalue weighted by Crippen LogP contribution is 2.27. The number of amides is 1. The highest BCUT2D eigenvalue weighted by atomic mass is 35.5. The molecule has 1 heterocycles. The molecule has 0 aromatic rings. The molecule has 0 bridgehead atoms. The van der Waals surface area contributed by atoms with Crippen molar-refractivity contribution in [1.82, 2.24) is 10.2 Å². The molecule has 2 aliphatic rings. The Balaban J connectivity index is 0.00000144. The summed E-state index contributed by atoms with van der Waals surface area (Å²) in [6.45, 7) is 5.91. The van der Waals surface area contributed by atoms with Crippen LogP contribution < -0.4 is 5.32 Å². The van der Waals surface area contributed by atoms with E-state index in [0.29, 0.717) is 24.5 Å². The maximum atomic E-state index is 12.1. The Morgan fingerprint density at radius 3 is 2.29 bits per heavy atom. The number of carbonyl (C=O) groups excluding carboxylic acids is 1. The first-order chi connectivity index (χ1) is 7.68. The van der Waals surface area contributed by atoms with Crippen LogP contribution in [0.5, 0.6) is 0 Å². The Bertz CT molecular complexity index is 246. The van der Waals surface area contributed by atoms with Gasteiger partial charge in [0.15, 0.2) is 0 Å². The van der Waals surface area contributed by atoms with Gasteiger partial charge in [0, 0.05) is 12.1 Å². The minimum atomic E-state index is 0. The molecule has 0 radical (unpaired) electrons. The molecule has 0 aromatic heterocycles. The van der Waals surface area contributed by atoms with E-state index in [1.807, 2.05) is 0 Å². The molecule has 1 aliphatic heterocycles. The first kappa shape index (κ1) is 14.8. The summed E-state index contributed by atoms with van der Waals surface area (Å²) >= 11 is 0. The molecule has 4 heteroatoms. The summed E-state index contributed by atoms with van der Waals surface area (Å²) in [6, 6.07) is 0.859. The van der Waals surface area contributed by atoms with E-state index in [9.17, 15) is 4.79 Å². The molecule has 2 unspecified atom stereocenters. The highest BCUT2D eigenvalue weighted by Gasteiger charge is 2.28. The van der Waals surface area contributed by atoms with Gasteiger partial charge in [0.05, 0.1) is 6.54 Å². The number of nitrogens with one attached hydrogen (secondary N) is 1. The van der Waals surface area contributed by atoms with E-state index in [1.165, 1.54) is 32.1 Å². The van der Waals surface area contributed by atoms with Gasteiger partial charge in [0.2, 0.25) is 5.91 Å². The Hall–Kier alpha value is -0.280. The summed E-state index contributed by atoms with van der Waals surface area (Å²) in [7, 11) is 0. The van der Waals surface area contributed by atoms with Crippen molar-refractivity contribution in [1.29, 1.82) is 0 Å². The van der Waals surface area contributed by atoms with E-state index >= 15 is 0 Å². The molecule has 2 fully saturated rings. The minimum absolute atomic E-state index is 0. The second-order valence-corrected chi connectivity index (χ2v) is 5.50. The summed E-state index contributed by atoms with van der Waals surface area (Å²) in [4.78, 5) is 14.2. The molecule has 3 nitrogen and oxygen atoms in total. The van der Waals surface area contributed by atoms with Gasteiger partial charge in [-0.1, -0.05) is 0 Å². The zero-order chi connectivity index (χ0) is 11.5. The number of likely N-dealkylation sites (tertiary alicyclic amines) is 1. The molecule has 2 rings (SSSR count). The third-order valence-corrected chi connectivity index (χ3v) is 3.89. The fourth-order valence-electron chi connectivity index (χ4n) is 2.71. The predicted octanol–water partition coefficient (Wildman–Crippen LogP) is 2.20. The van der Waals surface area contributed by atoms with Gasteiger partial charge in [-0.3, -0.25) is 4.79 Å². The lowest BCUT2D eigenvalue weighted by Crippen LogP contribution is -2.50. The Labute approximate surface area is 111 Å². The second kappa shape index (κ2) is 6.60. The van der Waals surface area contributed by atoms with Crippen LogP contribution in [0.2, 0.25) is 0 Å². The van der Waals surface area contributed by atoms with Crippen LogP contribution in [-0.4, -0.2) is 36.0 Å². The smallest absolute Gasteiger partial charge is 0.237 e. The van der Waals surface area contributed by atoms with Crippen molar-refractivity contribution < 1.29 is 4.79 Å². The average molecular weight is 261 g/mol. The van der Waals surface area contributed by atoms with Crippen LogP contribution in [0.25, 0.3) is 0 Å². The SMILES string of the molecule is CC1CCCC(C)N1C(=O)CNCC1CC1.Cl. The molecular weight excluding hydrogens is 236 g/mol. The van der Waals surface area contributed by atoms with E-state index in [2.05, 4.69) is 24.1 Å². The standard InChI is InChI=1S/C13H24N2O.ClH/c1-10-4-3-5-11(2)15(10)13(16)9-14-8-12-6-7-12;/h10-12,14H,3-9H2,1-2H3;1H. The molecular formula is C13H25ClN2O. The first-order valence-corrected chi connectivity index (χ1v) is 6.70. The van der Waals surface area contributed by atoms with Crippen LogP contribution in [0, 0.1) is 5.92 Å². The molecule has 1 N–H and O–H groups in total. The van der Waals surface area contributed by atoms with Gasteiger partial charge in [0.25, 0.3) is 0 Å². The van der Waals surface area contributed by atoms with E-state index in [4.69, 9.17) is 0 Å². The highest BCUT2D eigenvalue weighted by molar-refractivity contribution is 5.85. The summed E-state index contributed by atoms with van der Waals surface area (Å²) in [6.07, 6.45) is 6.29. The van der Waals surface area contributed by atoms with Crippen molar-refractivity contribution >= 4 is 18.3 Å². The van der Waals surface area contributed by atoms with Gasteiger partial charge in [-0.25, -0.2) is 0 Å². The van der Waals surface area contributed by atoms with Crippen molar-refractivity contribution in [3.05, 3.63) is 0 Å². The Morgan fingerprint density at radius 2 is 1.76 bits per heavy atom. The second-order valence-electron chi connectivity index (χ2n) is 5.50. The third-order valence-electron chi connectivity index (χ3n) is 3.89. The molecule has 0 aromatic carbocycles. The van der Waals surface area contributed by atoms with Crippen LogP contribution in [-0.2, 0) is 4.79 Å². The normalized spacial score (nSPS) is 28.7. The lowest BCUT2D eigenvalue weighted by molar-refractivity contribution is -0.136. The van der Waals surface area contributed by atoms with Crippen LogP contribution in [0.3, 0.4) is 0 Å². The number of piperidine rings is 1. The monoisotopic (exact) mass is 260 g/mol. The third kappa shape index (κ3) is 4.14. The summed E-state index contributed by atoms with van der Waals surface area (Å²) < 4.78 is 0. The van der Waals surface area contributed by atoms with Gasteiger partial charge in [-0.2, -0.15) is 0 Å². The quantitative estimate of drug-likeness (QED) is 0.841. The van der Waals surface area contributed by atoms with E-state index in [-0.39, 0.29) is 12.4 Å². The average Bonchev–Trinajstić information content (AvgIpc) is 3.01. The summed E-state index contributed by atoms with van der Waals surface area (Å²) in [5, 5.41) is 3.29. The molecule has 1 saturated carbocycles. The fraction of sp³-hybridized carbons (Fsp3) is 0.923. The molecule has 1 amide bonds.